The summed E-state index contributed by atoms with van der Waals surface area (Å²) in [6.07, 6.45) is 3.33. The topological polar surface area (TPSA) is 50.2 Å². The van der Waals surface area contributed by atoms with Gasteiger partial charge in [-0.1, -0.05) is 12.1 Å². The number of rotatable bonds is 6. The third-order valence-corrected chi connectivity index (χ3v) is 6.09. The van der Waals surface area contributed by atoms with Gasteiger partial charge in [0, 0.05) is 50.9 Å². The lowest BCUT2D eigenvalue weighted by molar-refractivity contribution is -0.0000375. The summed E-state index contributed by atoms with van der Waals surface area (Å²) in [6, 6.07) is 9.30. The molecule has 0 aliphatic carbocycles. The summed E-state index contributed by atoms with van der Waals surface area (Å²) in [5.41, 5.74) is 1.16. The van der Waals surface area contributed by atoms with Gasteiger partial charge in [0.25, 0.3) is 0 Å². The van der Waals surface area contributed by atoms with Crippen LogP contribution in [-0.4, -0.2) is 82.4 Å². The first-order valence-corrected chi connectivity index (χ1v) is 10.2. The number of piperazine rings is 1. The number of hydrogen-bond acceptors (Lipinski definition) is 5. The van der Waals surface area contributed by atoms with Crippen molar-refractivity contribution >= 4 is 0 Å². The smallest absolute Gasteiger partial charge is 0.115 e. The van der Waals surface area contributed by atoms with Crippen molar-refractivity contribution in [1.29, 1.82) is 0 Å². The summed E-state index contributed by atoms with van der Waals surface area (Å²) < 4.78 is 0. The van der Waals surface area contributed by atoms with Gasteiger partial charge in [-0.25, -0.2) is 0 Å². The highest BCUT2D eigenvalue weighted by molar-refractivity contribution is 5.27. The molecule has 0 unspecified atom stereocenters. The van der Waals surface area contributed by atoms with E-state index in [9.17, 15) is 10.2 Å². The Kier molecular flexibility index (Phi) is 6.92. The highest BCUT2D eigenvalue weighted by Crippen LogP contribution is 2.25. The average Bonchev–Trinajstić information content (AvgIpc) is 2.62. The summed E-state index contributed by atoms with van der Waals surface area (Å²) in [6.45, 7) is 11.2. The molecule has 26 heavy (non-hydrogen) atoms. The minimum absolute atomic E-state index is 0.256. The Morgan fingerprint density at radius 1 is 1.12 bits per heavy atom. The van der Waals surface area contributed by atoms with Gasteiger partial charge >= 0.3 is 0 Å². The van der Waals surface area contributed by atoms with Crippen molar-refractivity contribution in [3.05, 3.63) is 29.8 Å². The van der Waals surface area contributed by atoms with E-state index in [1.54, 1.807) is 6.07 Å². The Labute approximate surface area is 158 Å². The van der Waals surface area contributed by atoms with Gasteiger partial charge in [0.2, 0.25) is 0 Å². The molecule has 1 atom stereocenters. The van der Waals surface area contributed by atoms with Crippen LogP contribution in [-0.2, 0) is 6.54 Å². The molecule has 146 valence electrons. The SMILES string of the molecule is CC(C)N1CCC(N2CCN(Cc3cccc(O)c3)C[C@H]2CCO)CC1. The molecule has 0 radical (unpaired) electrons. The molecule has 5 heteroatoms. The van der Waals surface area contributed by atoms with Crippen LogP contribution in [0, 0.1) is 0 Å². The van der Waals surface area contributed by atoms with Crippen LogP contribution in [0.5, 0.6) is 5.75 Å². The molecule has 0 amide bonds. The molecule has 2 aliphatic heterocycles. The summed E-state index contributed by atoms with van der Waals surface area (Å²) in [4.78, 5) is 7.72. The molecule has 0 spiro atoms. The molecule has 3 rings (SSSR count). The summed E-state index contributed by atoms with van der Waals surface area (Å²) >= 11 is 0. The monoisotopic (exact) mass is 361 g/mol. The quantitative estimate of drug-likeness (QED) is 0.813. The van der Waals surface area contributed by atoms with Crippen LogP contribution in [0.15, 0.2) is 24.3 Å². The highest BCUT2D eigenvalue weighted by Gasteiger charge is 2.33. The maximum atomic E-state index is 9.69. The largest absolute Gasteiger partial charge is 0.508 e. The second kappa shape index (κ2) is 9.18. The Morgan fingerprint density at radius 2 is 1.88 bits per heavy atom. The van der Waals surface area contributed by atoms with Crippen LogP contribution < -0.4 is 0 Å². The van der Waals surface area contributed by atoms with Crippen molar-refractivity contribution in [2.45, 2.75) is 57.8 Å². The van der Waals surface area contributed by atoms with Crippen molar-refractivity contribution in [2.24, 2.45) is 0 Å². The second-order valence-corrected chi connectivity index (χ2v) is 8.17. The van der Waals surface area contributed by atoms with Crippen LogP contribution in [0.1, 0.15) is 38.7 Å². The predicted octanol–water partition coefficient (Wildman–Crippen LogP) is 2.13. The molecular weight excluding hydrogens is 326 g/mol. The van der Waals surface area contributed by atoms with Gasteiger partial charge in [-0.2, -0.15) is 0 Å². The van der Waals surface area contributed by atoms with E-state index in [0.717, 1.165) is 38.2 Å². The van der Waals surface area contributed by atoms with Gasteiger partial charge < -0.3 is 15.1 Å². The van der Waals surface area contributed by atoms with Crippen LogP contribution in [0.4, 0.5) is 0 Å². The lowest BCUT2D eigenvalue weighted by atomic mass is 9.97. The van der Waals surface area contributed by atoms with Crippen molar-refractivity contribution in [1.82, 2.24) is 14.7 Å². The Bertz CT molecular complexity index is 558. The number of phenols is 1. The Morgan fingerprint density at radius 3 is 2.54 bits per heavy atom. The van der Waals surface area contributed by atoms with E-state index in [1.165, 1.54) is 25.9 Å². The predicted molar refractivity (Wildman–Crippen MR) is 105 cm³/mol. The molecule has 2 saturated heterocycles. The number of aromatic hydroxyl groups is 1. The number of piperidine rings is 1. The molecule has 2 fully saturated rings. The normalized spacial score (nSPS) is 24.4. The molecule has 2 N–H and O–H groups in total. The van der Waals surface area contributed by atoms with Crippen molar-refractivity contribution in [3.63, 3.8) is 0 Å². The van der Waals surface area contributed by atoms with Crippen molar-refractivity contribution in [3.8, 4) is 5.75 Å². The first-order valence-electron chi connectivity index (χ1n) is 10.2. The number of nitrogens with zero attached hydrogens (tertiary/aromatic N) is 3. The fourth-order valence-corrected chi connectivity index (χ4v) is 4.61. The van der Waals surface area contributed by atoms with Gasteiger partial charge in [-0.3, -0.25) is 9.80 Å². The van der Waals surface area contributed by atoms with E-state index in [-0.39, 0.29) is 6.61 Å². The van der Waals surface area contributed by atoms with Crippen LogP contribution >= 0.6 is 0 Å². The van der Waals surface area contributed by atoms with Gasteiger partial charge in [0.05, 0.1) is 0 Å². The minimum atomic E-state index is 0.256. The van der Waals surface area contributed by atoms with Crippen molar-refractivity contribution in [2.75, 3.05) is 39.3 Å². The first-order chi connectivity index (χ1) is 12.6. The zero-order chi connectivity index (χ0) is 18.5. The zero-order valence-electron chi connectivity index (χ0n) is 16.3. The first kappa shape index (κ1) is 19.6. The fraction of sp³-hybridized carbons (Fsp3) is 0.714. The van der Waals surface area contributed by atoms with E-state index in [0.29, 0.717) is 23.9 Å². The molecule has 1 aromatic rings. The van der Waals surface area contributed by atoms with E-state index in [2.05, 4.69) is 34.6 Å². The van der Waals surface area contributed by atoms with Gasteiger partial charge in [-0.05, 0) is 63.9 Å². The lowest BCUT2D eigenvalue weighted by Gasteiger charge is -2.48. The minimum Gasteiger partial charge on any atom is -0.508 e. The van der Waals surface area contributed by atoms with Crippen LogP contribution in [0.2, 0.25) is 0 Å². The van der Waals surface area contributed by atoms with Crippen LogP contribution in [0.3, 0.4) is 0 Å². The summed E-state index contributed by atoms with van der Waals surface area (Å²) in [5, 5.41) is 19.3. The lowest BCUT2D eigenvalue weighted by Crippen LogP contribution is -2.58. The van der Waals surface area contributed by atoms with E-state index in [4.69, 9.17) is 0 Å². The summed E-state index contributed by atoms with van der Waals surface area (Å²) in [7, 11) is 0. The molecule has 2 heterocycles. The average molecular weight is 362 g/mol. The standard InChI is InChI=1S/C21H35N3O2/c1-17(2)23-9-6-19(7-10-23)24-12-11-22(16-20(24)8-13-25)15-18-4-3-5-21(26)14-18/h3-5,14,17,19-20,25-26H,6-13,15-16H2,1-2H3/t20-/m1/s1. The molecule has 0 aromatic heterocycles. The van der Waals surface area contributed by atoms with Gasteiger partial charge in [0.15, 0.2) is 0 Å². The molecule has 0 bridgehead atoms. The summed E-state index contributed by atoms with van der Waals surface area (Å²) in [5.74, 6) is 0.338. The molecular formula is C21H35N3O2. The number of hydrogen-bond donors (Lipinski definition) is 2. The Balaban J connectivity index is 1.58. The molecule has 0 saturated carbocycles. The Hall–Kier alpha value is -1.14. The molecule has 1 aromatic carbocycles. The van der Waals surface area contributed by atoms with Crippen molar-refractivity contribution < 1.29 is 10.2 Å². The van der Waals surface area contributed by atoms with E-state index >= 15 is 0 Å². The fourth-order valence-electron chi connectivity index (χ4n) is 4.61. The van der Waals surface area contributed by atoms with Crippen LogP contribution in [0.25, 0.3) is 0 Å². The number of phenolic OH excluding ortho intramolecular Hbond substituents is 1. The zero-order valence-corrected chi connectivity index (χ0v) is 16.3. The number of aliphatic hydroxyl groups excluding tert-OH is 1. The number of likely N-dealkylation sites (tertiary alicyclic amines) is 1. The maximum absolute atomic E-state index is 9.69. The number of aliphatic hydroxyl groups is 1. The van der Waals surface area contributed by atoms with E-state index < -0.39 is 0 Å². The van der Waals surface area contributed by atoms with Gasteiger partial charge in [0.1, 0.15) is 5.75 Å². The maximum Gasteiger partial charge on any atom is 0.115 e. The number of benzene rings is 1. The highest BCUT2D eigenvalue weighted by atomic mass is 16.3. The van der Waals surface area contributed by atoms with E-state index in [1.807, 2.05) is 12.1 Å². The second-order valence-electron chi connectivity index (χ2n) is 8.17. The molecule has 5 nitrogen and oxygen atoms in total. The third-order valence-electron chi connectivity index (χ3n) is 6.09. The third kappa shape index (κ3) is 4.97. The van der Waals surface area contributed by atoms with Gasteiger partial charge in [-0.15, -0.1) is 0 Å². The molecule has 2 aliphatic rings.